The van der Waals surface area contributed by atoms with Crippen LogP contribution in [0.4, 0.5) is 5.69 Å². The number of hydrogen-bond donors (Lipinski definition) is 2. The molecule has 0 saturated carbocycles. The fraction of sp³-hybridized carbons (Fsp3) is 0.444. The van der Waals surface area contributed by atoms with Gasteiger partial charge in [-0.25, -0.2) is 13.0 Å². The number of carboxylic acid groups (broad SMARTS) is 1. The van der Waals surface area contributed by atoms with Crippen molar-refractivity contribution in [1.29, 1.82) is 0 Å². The summed E-state index contributed by atoms with van der Waals surface area (Å²) in [6.07, 6.45) is 12.0. The summed E-state index contributed by atoms with van der Waals surface area (Å²) in [4.78, 5) is 13.0. The topological polar surface area (TPSA) is 154 Å². The molecule has 0 amide bonds. The molecule has 13 heteroatoms. The third-order valence-electron chi connectivity index (χ3n) is 9.02. The lowest BCUT2D eigenvalue weighted by Crippen LogP contribution is -2.31. The Bertz CT molecular complexity index is 1960. The van der Waals surface area contributed by atoms with Gasteiger partial charge in [0.2, 0.25) is 5.36 Å². The lowest BCUT2D eigenvalue weighted by Gasteiger charge is -2.30. The zero-order valence-electron chi connectivity index (χ0n) is 28.6. The smallest absolute Gasteiger partial charge is 0.303 e. The molecule has 4 rings (SSSR count). The average molecular weight is 716 g/mol. The summed E-state index contributed by atoms with van der Waals surface area (Å²) in [5.41, 5.74) is 3.70. The van der Waals surface area contributed by atoms with E-state index in [0.717, 1.165) is 39.9 Å². The van der Waals surface area contributed by atoms with E-state index in [1.807, 2.05) is 56.3 Å². The highest BCUT2D eigenvalue weighted by Gasteiger charge is 2.43. The monoisotopic (exact) mass is 715 g/mol. The Balaban J connectivity index is 1.72. The molecule has 1 aromatic rings. The fourth-order valence-electron chi connectivity index (χ4n) is 6.41. The Hall–Kier alpha value is -3.78. The number of carbonyl (C=O) groups is 1. The van der Waals surface area contributed by atoms with Crippen molar-refractivity contribution in [2.75, 3.05) is 50.3 Å². The number of benzene rings is 2. The number of aliphatic carboxylic acids is 1. The molecule has 0 spiro atoms. The van der Waals surface area contributed by atoms with Crippen LogP contribution in [0.3, 0.4) is 0 Å². The summed E-state index contributed by atoms with van der Waals surface area (Å²) in [6, 6.07) is 12.5. The Kier molecular flexibility index (Phi) is 12.6. The molecule has 0 radical (unpaired) electrons. The van der Waals surface area contributed by atoms with Crippen LogP contribution in [-0.2, 0) is 34.9 Å². The Morgan fingerprint density at radius 3 is 2.51 bits per heavy atom. The predicted octanol–water partition coefficient (Wildman–Crippen LogP) is 5.21. The molecule has 0 aromatic heterocycles. The number of nitrogens with zero attached hydrogens (tertiary/aromatic N) is 2. The molecule has 2 N–H and O–H groups in total. The van der Waals surface area contributed by atoms with Crippen LogP contribution in [0.1, 0.15) is 63.5 Å². The molecule has 266 valence electrons. The van der Waals surface area contributed by atoms with Crippen LogP contribution < -0.4 is 14.8 Å². The summed E-state index contributed by atoms with van der Waals surface area (Å²) in [5, 5.41) is 10.0. The van der Waals surface area contributed by atoms with Gasteiger partial charge in [0.05, 0.1) is 23.0 Å². The number of anilines is 1. The van der Waals surface area contributed by atoms with Crippen LogP contribution in [0.15, 0.2) is 75.9 Å². The van der Waals surface area contributed by atoms with Crippen LogP contribution in [0.25, 0.3) is 17.4 Å². The van der Waals surface area contributed by atoms with Crippen molar-refractivity contribution in [2.45, 2.75) is 62.7 Å². The molecular weight excluding hydrogens is 669 g/mol. The normalized spacial score (nSPS) is 18.1. The van der Waals surface area contributed by atoms with Crippen LogP contribution >= 0.6 is 0 Å². The summed E-state index contributed by atoms with van der Waals surface area (Å²) in [6.45, 7) is 6.39. The largest absolute Gasteiger partial charge is 0.481 e. The zero-order valence-corrected chi connectivity index (χ0v) is 30.2. The van der Waals surface area contributed by atoms with Crippen LogP contribution in [0.2, 0.25) is 0 Å². The van der Waals surface area contributed by atoms with Gasteiger partial charge in [-0.3, -0.25) is 9.35 Å². The number of fused-ring (bicyclic) bond motifs is 2. The second-order valence-electron chi connectivity index (χ2n) is 12.6. The first kappa shape index (κ1) is 38.0. The molecule has 2 heterocycles. The molecule has 1 atom stereocenters. The maximum absolute atomic E-state index is 12.1. The van der Waals surface area contributed by atoms with Crippen LogP contribution in [0, 0.1) is 0 Å². The van der Waals surface area contributed by atoms with E-state index in [1.54, 1.807) is 19.4 Å². The molecule has 49 heavy (non-hydrogen) atoms. The standard InChI is InChI=1S/C36H46N2O9S2/c1-5-37(20-10-24-48(4,41)42)28-14-16-30-27(18-22-47-33(30)25-28)11-9-12-34-36(2,19-23-46-3)31-26-29(49(43,44)45)15-17-32(31)38(34)21-8-6-7-13-35(39)40/h9,11-12,14-18,22,25-26H,5-8,10,13,19-21,23-24H2,1-4H3,(H-,39,40,43,44,45)/p+1. The fourth-order valence-corrected chi connectivity index (χ4v) is 7.58. The highest BCUT2D eigenvalue weighted by Crippen LogP contribution is 2.50. The van der Waals surface area contributed by atoms with Gasteiger partial charge in [0.15, 0.2) is 0 Å². The van der Waals surface area contributed by atoms with E-state index in [2.05, 4.69) is 9.48 Å². The van der Waals surface area contributed by atoms with Crippen molar-refractivity contribution in [2.24, 2.45) is 0 Å². The number of hydrogen-bond acceptors (Lipinski definition) is 8. The van der Waals surface area contributed by atoms with Gasteiger partial charge in [-0.15, -0.1) is 0 Å². The maximum Gasteiger partial charge on any atom is 0.303 e. The van der Waals surface area contributed by atoms with Crippen molar-refractivity contribution in [3.05, 3.63) is 83.1 Å². The van der Waals surface area contributed by atoms with E-state index in [0.29, 0.717) is 57.7 Å². The van der Waals surface area contributed by atoms with Crippen molar-refractivity contribution < 1.29 is 40.4 Å². The van der Waals surface area contributed by atoms with Crippen molar-refractivity contribution in [1.82, 2.24) is 4.58 Å². The minimum atomic E-state index is -4.43. The third-order valence-corrected chi connectivity index (χ3v) is 10.9. The molecule has 0 fully saturated rings. The zero-order chi connectivity index (χ0) is 35.8. The van der Waals surface area contributed by atoms with Gasteiger partial charge in [-0.05, 0) is 80.6 Å². The summed E-state index contributed by atoms with van der Waals surface area (Å²) >= 11 is 0. The second kappa shape index (κ2) is 16.3. The van der Waals surface area contributed by atoms with E-state index in [4.69, 9.17) is 14.3 Å². The highest BCUT2D eigenvalue weighted by atomic mass is 32.2. The molecule has 0 bridgehead atoms. The first-order chi connectivity index (χ1) is 23.2. The predicted molar refractivity (Wildman–Crippen MR) is 191 cm³/mol. The average Bonchev–Trinajstić information content (AvgIpc) is 3.27. The number of carboxylic acids is 1. The third kappa shape index (κ3) is 9.68. The quantitative estimate of drug-likeness (QED) is 0.108. The maximum atomic E-state index is 12.1. The lowest BCUT2D eigenvalue weighted by atomic mass is 9.78. The number of unbranched alkanes of at least 4 members (excludes halogenated alkanes) is 2. The number of rotatable bonds is 17. The Morgan fingerprint density at radius 1 is 1.06 bits per heavy atom. The van der Waals surface area contributed by atoms with Crippen molar-refractivity contribution in [3.63, 3.8) is 0 Å². The number of allylic oxidation sites excluding steroid dienone is 3. The summed E-state index contributed by atoms with van der Waals surface area (Å²) in [5.74, 6) is -0.00888. The minimum Gasteiger partial charge on any atom is -0.481 e. The minimum absolute atomic E-state index is 0.101. The van der Waals surface area contributed by atoms with E-state index < -0.39 is 31.3 Å². The summed E-state index contributed by atoms with van der Waals surface area (Å²) in [7, 11) is -5.85. The van der Waals surface area contributed by atoms with Gasteiger partial charge in [-0.2, -0.15) is 8.42 Å². The lowest BCUT2D eigenvalue weighted by molar-refractivity contribution is -0.137. The number of sulfone groups is 1. The van der Waals surface area contributed by atoms with Crippen LogP contribution in [0.5, 0.6) is 0 Å². The molecular formula is C36H47N2O9S2+. The van der Waals surface area contributed by atoms with Gasteiger partial charge in [-0.1, -0.05) is 18.6 Å². The van der Waals surface area contributed by atoms with Gasteiger partial charge >= 0.3 is 5.97 Å². The van der Waals surface area contributed by atoms with E-state index in [9.17, 15) is 26.2 Å². The molecule has 11 nitrogen and oxygen atoms in total. The number of methoxy groups -OCH3 is 1. The molecule has 1 aliphatic carbocycles. The van der Waals surface area contributed by atoms with E-state index >= 15 is 0 Å². The van der Waals surface area contributed by atoms with Crippen molar-refractivity contribution in [3.8, 4) is 11.3 Å². The Labute approximate surface area is 289 Å². The van der Waals surface area contributed by atoms with E-state index in [1.165, 1.54) is 18.4 Å². The highest BCUT2D eigenvalue weighted by molar-refractivity contribution is 7.90. The first-order valence-electron chi connectivity index (χ1n) is 16.4. The second-order valence-corrected chi connectivity index (χ2v) is 16.3. The Morgan fingerprint density at radius 2 is 1.84 bits per heavy atom. The van der Waals surface area contributed by atoms with Gasteiger partial charge in [0.25, 0.3) is 10.1 Å². The van der Waals surface area contributed by atoms with Crippen LogP contribution in [-0.4, -0.2) is 77.8 Å². The molecule has 2 aliphatic heterocycles. The van der Waals surface area contributed by atoms with Gasteiger partial charge < -0.3 is 19.2 Å². The molecule has 0 saturated heterocycles. The molecule has 3 aliphatic rings. The summed E-state index contributed by atoms with van der Waals surface area (Å²) < 4.78 is 70.8. The van der Waals surface area contributed by atoms with Gasteiger partial charge in [0.1, 0.15) is 28.7 Å². The van der Waals surface area contributed by atoms with Crippen molar-refractivity contribution >= 4 is 37.7 Å². The van der Waals surface area contributed by atoms with Gasteiger partial charge in [0, 0.05) is 67.8 Å². The SMILES string of the molecule is CC[N+](CCCS(C)(=O)=O)=c1ccc2c(/C=C/C=C3/N(CCCCCC(=O)O)c4ccc(S(=O)(=O)O)cc4C3(C)CCOC)ccoc-2c1. The van der Waals surface area contributed by atoms with E-state index in [-0.39, 0.29) is 17.1 Å². The number of ether oxygens (including phenoxy) is 1. The molecule has 1 aromatic carbocycles. The molecule has 1 unspecified atom stereocenters. The first-order valence-corrected chi connectivity index (χ1v) is 19.9.